The molecular formula is C8H11ClO. The first-order chi connectivity index (χ1) is 4.86. The zero-order chi connectivity index (χ0) is 7.40. The van der Waals surface area contributed by atoms with Crippen LogP contribution < -0.4 is 0 Å². The van der Waals surface area contributed by atoms with E-state index in [1.54, 1.807) is 0 Å². The van der Waals surface area contributed by atoms with Gasteiger partial charge in [-0.05, 0) is 12.1 Å². The Morgan fingerprint density at radius 2 is 2.10 bits per heavy atom. The number of alkyl halides is 1. The molecule has 0 atom stereocenters. The number of hydrogen-bond acceptors (Lipinski definition) is 1. The molecule has 0 saturated heterocycles. The van der Waals surface area contributed by atoms with Crippen LogP contribution in [-0.2, 0) is 12.8 Å². The van der Waals surface area contributed by atoms with Crippen LogP contribution in [0.3, 0.4) is 0 Å². The fourth-order valence-electron chi connectivity index (χ4n) is 0.840. The number of rotatable bonds is 3. The molecule has 0 radical (unpaired) electrons. The van der Waals surface area contributed by atoms with Crippen LogP contribution in [0.15, 0.2) is 16.5 Å². The van der Waals surface area contributed by atoms with Crippen molar-refractivity contribution in [2.24, 2.45) is 0 Å². The minimum Gasteiger partial charge on any atom is -0.466 e. The van der Waals surface area contributed by atoms with Gasteiger partial charge >= 0.3 is 0 Å². The number of halogens is 1. The molecule has 0 bridgehead atoms. The summed E-state index contributed by atoms with van der Waals surface area (Å²) < 4.78 is 5.39. The van der Waals surface area contributed by atoms with Gasteiger partial charge in [0.1, 0.15) is 11.5 Å². The molecule has 10 heavy (non-hydrogen) atoms. The van der Waals surface area contributed by atoms with E-state index in [-0.39, 0.29) is 0 Å². The summed E-state index contributed by atoms with van der Waals surface area (Å²) in [7, 11) is 0. The van der Waals surface area contributed by atoms with Crippen molar-refractivity contribution in [2.45, 2.75) is 19.8 Å². The first kappa shape index (κ1) is 7.67. The fourth-order valence-corrected chi connectivity index (χ4v) is 1.03. The summed E-state index contributed by atoms with van der Waals surface area (Å²) in [4.78, 5) is 0. The highest BCUT2D eigenvalue weighted by molar-refractivity contribution is 6.17. The van der Waals surface area contributed by atoms with E-state index in [4.69, 9.17) is 16.0 Å². The van der Waals surface area contributed by atoms with Gasteiger partial charge in [-0.2, -0.15) is 0 Å². The molecule has 0 unspecified atom stereocenters. The molecule has 1 aromatic heterocycles. The van der Waals surface area contributed by atoms with E-state index < -0.39 is 0 Å². The van der Waals surface area contributed by atoms with Crippen LogP contribution in [-0.4, -0.2) is 5.88 Å². The number of hydrogen-bond donors (Lipinski definition) is 0. The monoisotopic (exact) mass is 158 g/mol. The maximum absolute atomic E-state index is 5.53. The summed E-state index contributed by atoms with van der Waals surface area (Å²) in [6, 6.07) is 3.99. The maximum atomic E-state index is 5.53. The molecule has 0 aliphatic heterocycles. The zero-order valence-corrected chi connectivity index (χ0v) is 6.82. The van der Waals surface area contributed by atoms with Gasteiger partial charge in [0, 0.05) is 18.7 Å². The molecule has 0 N–H and O–H groups in total. The predicted molar refractivity (Wildman–Crippen MR) is 42.5 cm³/mol. The van der Waals surface area contributed by atoms with Crippen LogP contribution in [0.5, 0.6) is 0 Å². The predicted octanol–water partition coefficient (Wildman–Crippen LogP) is 2.62. The molecule has 1 nitrogen and oxygen atoms in total. The lowest BCUT2D eigenvalue weighted by Crippen LogP contribution is -1.80. The van der Waals surface area contributed by atoms with Gasteiger partial charge in [-0.3, -0.25) is 0 Å². The molecule has 0 aromatic carbocycles. The van der Waals surface area contributed by atoms with Crippen LogP contribution in [0.4, 0.5) is 0 Å². The first-order valence-corrected chi connectivity index (χ1v) is 4.03. The van der Waals surface area contributed by atoms with E-state index in [1.165, 1.54) is 0 Å². The van der Waals surface area contributed by atoms with E-state index in [0.29, 0.717) is 5.88 Å². The van der Waals surface area contributed by atoms with Gasteiger partial charge in [0.25, 0.3) is 0 Å². The highest BCUT2D eigenvalue weighted by atomic mass is 35.5. The Bertz CT molecular complexity index is 193. The summed E-state index contributed by atoms with van der Waals surface area (Å²) in [5, 5.41) is 0. The first-order valence-electron chi connectivity index (χ1n) is 3.50. The molecule has 1 heterocycles. The molecule has 1 rings (SSSR count). The molecule has 0 aliphatic rings. The average Bonchev–Trinajstić information content (AvgIpc) is 2.37. The third kappa shape index (κ3) is 1.77. The van der Waals surface area contributed by atoms with Crippen LogP contribution in [0.25, 0.3) is 0 Å². The Morgan fingerprint density at radius 3 is 2.60 bits per heavy atom. The molecule has 0 amide bonds. The Balaban J connectivity index is 2.59. The Labute approximate surface area is 66.0 Å². The summed E-state index contributed by atoms with van der Waals surface area (Å²) in [6.07, 6.45) is 1.80. The second-order valence-electron chi connectivity index (χ2n) is 2.16. The van der Waals surface area contributed by atoms with Crippen molar-refractivity contribution in [3.05, 3.63) is 23.7 Å². The normalized spacial score (nSPS) is 10.2. The third-order valence-electron chi connectivity index (χ3n) is 1.41. The fraction of sp³-hybridized carbons (Fsp3) is 0.500. The van der Waals surface area contributed by atoms with Crippen molar-refractivity contribution < 1.29 is 4.42 Å². The van der Waals surface area contributed by atoms with Crippen molar-refractivity contribution in [1.82, 2.24) is 0 Å². The molecule has 0 saturated carbocycles. The Hall–Kier alpha value is -0.430. The quantitative estimate of drug-likeness (QED) is 0.617. The van der Waals surface area contributed by atoms with Gasteiger partial charge in [0.2, 0.25) is 0 Å². The molecule has 1 aromatic rings. The van der Waals surface area contributed by atoms with Crippen molar-refractivity contribution in [3.63, 3.8) is 0 Å². The highest BCUT2D eigenvalue weighted by Gasteiger charge is 1.97. The van der Waals surface area contributed by atoms with Crippen LogP contribution in [0.2, 0.25) is 0 Å². The largest absolute Gasteiger partial charge is 0.466 e. The van der Waals surface area contributed by atoms with Gasteiger partial charge in [0.15, 0.2) is 0 Å². The summed E-state index contributed by atoms with van der Waals surface area (Å²) in [5.41, 5.74) is 0. The second-order valence-corrected chi connectivity index (χ2v) is 2.54. The summed E-state index contributed by atoms with van der Waals surface area (Å²) in [6.45, 7) is 2.07. The Morgan fingerprint density at radius 1 is 1.40 bits per heavy atom. The lowest BCUT2D eigenvalue weighted by atomic mass is 10.3. The highest BCUT2D eigenvalue weighted by Crippen LogP contribution is 2.08. The minimum atomic E-state index is 0.636. The Kier molecular flexibility index (Phi) is 2.82. The average molecular weight is 159 g/mol. The van der Waals surface area contributed by atoms with Crippen molar-refractivity contribution in [1.29, 1.82) is 0 Å². The zero-order valence-electron chi connectivity index (χ0n) is 6.06. The van der Waals surface area contributed by atoms with Crippen LogP contribution in [0, 0.1) is 0 Å². The van der Waals surface area contributed by atoms with Crippen molar-refractivity contribution >= 4 is 11.6 Å². The van der Waals surface area contributed by atoms with Gasteiger partial charge in [-0.25, -0.2) is 0 Å². The second kappa shape index (κ2) is 3.67. The van der Waals surface area contributed by atoms with E-state index in [1.807, 2.05) is 12.1 Å². The lowest BCUT2D eigenvalue weighted by molar-refractivity contribution is 0.475. The minimum absolute atomic E-state index is 0.636. The SMILES string of the molecule is CCc1ccc(CCCl)o1. The standard InChI is InChI=1S/C8H11ClO/c1-2-7-3-4-8(10-7)5-6-9/h3-4H,2,5-6H2,1H3. The molecule has 0 fully saturated rings. The third-order valence-corrected chi connectivity index (χ3v) is 1.60. The van der Waals surface area contributed by atoms with Gasteiger partial charge in [-0.1, -0.05) is 6.92 Å². The summed E-state index contributed by atoms with van der Waals surface area (Å²) in [5.74, 6) is 2.67. The van der Waals surface area contributed by atoms with Crippen molar-refractivity contribution in [3.8, 4) is 0 Å². The molecule has 56 valence electrons. The number of aryl methyl sites for hydroxylation is 2. The van der Waals surface area contributed by atoms with E-state index in [9.17, 15) is 0 Å². The van der Waals surface area contributed by atoms with Gasteiger partial charge < -0.3 is 4.42 Å². The van der Waals surface area contributed by atoms with Gasteiger partial charge in [-0.15, -0.1) is 11.6 Å². The maximum Gasteiger partial charge on any atom is 0.105 e. The number of furan rings is 1. The van der Waals surface area contributed by atoms with E-state index in [2.05, 4.69) is 6.92 Å². The molecule has 2 heteroatoms. The van der Waals surface area contributed by atoms with Gasteiger partial charge in [0.05, 0.1) is 0 Å². The molecule has 0 spiro atoms. The van der Waals surface area contributed by atoms with Crippen molar-refractivity contribution in [2.75, 3.05) is 5.88 Å². The lowest BCUT2D eigenvalue weighted by Gasteiger charge is -1.89. The topological polar surface area (TPSA) is 13.1 Å². The van der Waals surface area contributed by atoms with Crippen LogP contribution >= 0.6 is 11.6 Å². The van der Waals surface area contributed by atoms with Crippen LogP contribution in [0.1, 0.15) is 18.4 Å². The molecule has 0 aliphatic carbocycles. The summed E-state index contributed by atoms with van der Waals surface area (Å²) >= 11 is 5.53. The molecular weight excluding hydrogens is 148 g/mol. The van der Waals surface area contributed by atoms with E-state index in [0.717, 1.165) is 24.4 Å². The van der Waals surface area contributed by atoms with E-state index >= 15 is 0 Å². The smallest absolute Gasteiger partial charge is 0.105 e.